The number of nitrogens with zero attached hydrogens (tertiary/aromatic N) is 1. The average molecular weight is 281 g/mol. The fraction of sp³-hybridized carbons (Fsp3) is 0.417. The Morgan fingerprint density at radius 2 is 2.32 bits per heavy atom. The van der Waals surface area contributed by atoms with Gasteiger partial charge in [0.2, 0.25) is 0 Å². The number of nitro groups is 1. The molecule has 1 aliphatic heterocycles. The van der Waals surface area contributed by atoms with Gasteiger partial charge in [0, 0.05) is 30.3 Å². The van der Waals surface area contributed by atoms with E-state index in [9.17, 15) is 14.9 Å². The van der Waals surface area contributed by atoms with E-state index < -0.39 is 4.92 Å². The second-order valence-corrected chi connectivity index (χ2v) is 5.62. The van der Waals surface area contributed by atoms with Crippen LogP contribution in [0.3, 0.4) is 0 Å². The molecule has 2 atom stereocenters. The Morgan fingerprint density at radius 3 is 3.05 bits per heavy atom. The van der Waals surface area contributed by atoms with Gasteiger partial charge in [-0.05, 0) is 5.56 Å². The van der Waals surface area contributed by atoms with Gasteiger partial charge in [-0.1, -0.05) is 19.1 Å². The second kappa shape index (κ2) is 5.92. The Hall–Kier alpha value is -1.76. The van der Waals surface area contributed by atoms with Crippen LogP contribution in [0.4, 0.5) is 10.5 Å². The fourth-order valence-electron chi connectivity index (χ4n) is 1.83. The molecule has 1 aromatic carbocycles. The lowest BCUT2D eigenvalue weighted by atomic mass is 10.1. The minimum absolute atomic E-state index is 0.0352. The predicted octanol–water partition coefficient (Wildman–Crippen LogP) is 2.10. The first-order valence-corrected chi connectivity index (χ1v) is 7.00. The second-order valence-electron chi connectivity index (χ2n) is 4.49. The van der Waals surface area contributed by atoms with Crippen molar-refractivity contribution in [2.75, 3.05) is 6.54 Å². The van der Waals surface area contributed by atoms with Crippen molar-refractivity contribution in [1.29, 1.82) is 0 Å². The Balaban J connectivity index is 1.96. The van der Waals surface area contributed by atoms with Gasteiger partial charge < -0.3 is 10.6 Å². The molecule has 1 aromatic rings. The first-order chi connectivity index (χ1) is 9.06. The van der Waals surface area contributed by atoms with Gasteiger partial charge >= 0.3 is 6.03 Å². The zero-order chi connectivity index (χ0) is 13.8. The molecule has 2 unspecified atom stereocenters. The molecule has 2 rings (SSSR count). The van der Waals surface area contributed by atoms with E-state index in [2.05, 4.69) is 17.6 Å². The highest BCUT2D eigenvalue weighted by Gasteiger charge is 2.25. The van der Waals surface area contributed by atoms with Crippen LogP contribution in [0.15, 0.2) is 24.3 Å². The highest BCUT2D eigenvalue weighted by Crippen LogP contribution is 2.24. The Labute approximate surface area is 115 Å². The van der Waals surface area contributed by atoms with Crippen LogP contribution in [-0.2, 0) is 5.75 Å². The topological polar surface area (TPSA) is 84.3 Å². The number of benzene rings is 1. The van der Waals surface area contributed by atoms with Crippen LogP contribution in [0.25, 0.3) is 0 Å². The molecule has 0 bridgehead atoms. The van der Waals surface area contributed by atoms with E-state index in [0.717, 1.165) is 5.56 Å². The number of amides is 2. The number of urea groups is 1. The van der Waals surface area contributed by atoms with Crippen LogP contribution in [0, 0.1) is 16.0 Å². The summed E-state index contributed by atoms with van der Waals surface area (Å²) in [6, 6.07) is 6.42. The van der Waals surface area contributed by atoms with Gasteiger partial charge in [0.05, 0.1) is 10.3 Å². The monoisotopic (exact) mass is 281 g/mol. The SMILES string of the molecule is CC1CNC(=O)NC1SCc1cccc([N+](=O)[O-])c1. The zero-order valence-electron chi connectivity index (χ0n) is 10.5. The number of hydrogen-bond acceptors (Lipinski definition) is 4. The molecule has 1 saturated heterocycles. The van der Waals surface area contributed by atoms with E-state index in [-0.39, 0.29) is 17.1 Å². The lowest BCUT2D eigenvalue weighted by molar-refractivity contribution is -0.384. The molecule has 6 nitrogen and oxygen atoms in total. The number of carbonyl (C=O) groups is 1. The highest BCUT2D eigenvalue weighted by atomic mass is 32.2. The van der Waals surface area contributed by atoms with Gasteiger partial charge in [-0.3, -0.25) is 10.1 Å². The molecule has 0 aromatic heterocycles. The lowest BCUT2D eigenvalue weighted by Crippen LogP contribution is -2.52. The first kappa shape index (κ1) is 13.7. The molecule has 7 heteroatoms. The number of rotatable bonds is 4. The van der Waals surface area contributed by atoms with Crippen molar-refractivity contribution in [3.8, 4) is 0 Å². The molecule has 1 aliphatic rings. The Kier molecular flexibility index (Phi) is 4.26. The highest BCUT2D eigenvalue weighted by molar-refractivity contribution is 7.99. The maximum Gasteiger partial charge on any atom is 0.315 e. The van der Waals surface area contributed by atoms with Gasteiger partial charge in [0.15, 0.2) is 0 Å². The van der Waals surface area contributed by atoms with Crippen molar-refractivity contribution in [1.82, 2.24) is 10.6 Å². The van der Waals surface area contributed by atoms with Gasteiger partial charge in [-0.15, -0.1) is 11.8 Å². The normalized spacial score (nSPS) is 22.5. The summed E-state index contributed by atoms with van der Waals surface area (Å²) in [5.74, 6) is 0.957. The molecule has 0 spiro atoms. The summed E-state index contributed by atoms with van der Waals surface area (Å²) in [5.41, 5.74) is 0.986. The Morgan fingerprint density at radius 1 is 1.53 bits per heavy atom. The number of nitro benzene ring substituents is 1. The van der Waals surface area contributed by atoms with Crippen LogP contribution < -0.4 is 10.6 Å². The number of non-ortho nitro benzene ring substituents is 1. The van der Waals surface area contributed by atoms with E-state index >= 15 is 0 Å². The summed E-state index contributed by atoms with van der Waals surface area (Å²) >= 11 is 1.59. The molecule has 1 heterocycles. The van der Waals surface area contributed by atoms with E-state index in [0.29, 0.717) is 18.2 Å². The summed E-state index contributed by atoms with van der Waals surface area (Å²) in [4.78, 5) is 21.5. The molecule has 1 fully saturated rings. The van der Waals surface area contributed by atoms with Crippen molar-refractivity contribution < 1.29 is 9.72 Å². The number of thioether (sulfide) groups is 1. The minimum Gasteiger partial charge on any atom is -0.338 e. The Bertz CT molecular complexity index is 495. The van der Waals surface area contributed by atoms with Crippen molar-refractivity contribution in [3.63, 3.8) is 0 Å². The third-order valence-electron chi connectivity index (χ3n) is 2.93. The molecular weight excluding hydrogens is 266 g/mol. The van der Waals surface area contributed by atoms with Crippen molar-refractivity contribution in [2.45, 2.75) is 18.1 Å². The summed E-state index contributed by atoms with van der Waals surface area (Å²) < 4.78 is 0. The summed E-state index contributed by atoms with van der Waals surface area (Å²) in [6.45, 7) is 2.70. The van der Waals surface area contributed by atoms with Crippen LogP contribution in [-0.4, -0.2) is 22.9 Å². The molecule has 0 saturated carbocycles. The minimum atomic E-state index is -0.400. The maximum atomic E-state index is 11.2. The molecule has 0 aliphatic carbocycles. The molecule has 19 heavy (non-hydrogen) atoms. The molecule has 2 amide bonds. The standard InChI is InChI=1S/C12H15N3O3S/c1-8-6-13-12(16)14-11(8)19-7-9-3-2-4-10(5-9)15(17)18/h2-5,8,11H,6-7H2,1H3,(H2,13,14,16). The number of hydrogen-bond donors (Lipinski definition) is 2. The maximum absolute atomic E-state index is 11.2. The van der Waals surface area contributed by atoms with Gasteiger partial charge in [0.1, 0.15) is 0 Å². The van der Waals surface area contributed by atoms with Crippen LogP contribution in [0.1, 0.15) is 12.5 Å². The van der Waals surface area contributed by atoms with Crippen molar-refractivity contribution >= 4 is 23.5 Å². The third kappa shape index (κ3) is 3.60. The van der Waals surface area contributed by atoms with Crippen LogP contribution in [0.5, 0.6) is 0 Å². The molecular formula is C12H15N3O3S. The number of carbonyl (C=O) groups excluding carboxylic acids is 1. The lowest BCUT2D eigenvalue weighted by Gasteiger charge is -2.29. The van der Waals surface area contributed by atoms with E-state index in [1.807, 2.05) is 6.07 Å². The summed E-state index contributed by atoms with van der Waals surface area (Å²) in [5, 5.41) is 16.3. The molecule has 0 radical (unpaired) electrons. The quantitative estimate of drug-likeness (QED) is 0.654. The average Bonchev–Trinajstić information content (AvgIpc) is 2.40. The first-order valence-electron chi connectivity index (χ1n) is 5.95. The fourth-order valence-corrected chi connectivity index (χ4v) is 3.00. The van der Waals surface area contributed by atoms with Gasteiger partial charge in [0.25, 0.3) is 5.69 Å². The molecule has 2 N–H and O–H groups in total. The predicted molar refractivity (Wildman–Crippen MR) is 73.9 cm³/mol. The van der Waals surface area contributed by atoms with Gasteiger partial charge in [-0.2, -0.15) is 0 Å². The zero-order valence-corrected chi connectivity index (χ0v) is 11.3. The van der Waals surface area contributed by atoms with Gasteiger partial charge in [-0.25, -0.2) is 4.79 Å². The largest absolute Gasteiger partial charge is 0.338 e. The van der Waals surface area contributed by atoms with Crippen LogP contribution in [0.2, 0.25) is 0 Å². The smallest absolute Gasteiger partial charge is 0.315 e. The van der Waals surface area contributed by atoms with E-state index in [1.54, 1.807) is 23.9 Å². The summed E-state index contributed by atoms with van der Waals surface area (Å²) in [7, 11) is 0. The third-order valence-corrected chi connectivity index (χ3v) is 4.37. The number of nitrogens with one attached hydrogen (secondary N) is 2. The summed E-state index contributed by atoms with van der Waals surface area (Å²) in [6.07, 6.45) is 0. The molecule has 102 valence electrons. The van der Waals surface area contributed by atoms with Crippen molar-refractivity contribution in [2.24, 2.45) is 5.92 Å². The van der Waals surface area contributed by atoms with Crippen LogP contribution >= 0.6 is 11.8 Å². The van der Waals surface area contributed by atoms with E-state index in [4.69, 9.17) is 0 Å². The van der Waals surface area contributed by atoms with E-state index in [1.165, 1.54) is 6.07 Å². The van der Waals surface area contributed by atoms with Crippen molar-refractivity contribution in [3.05, 3.63) is 39.9 Å².